The molecule has 0 saturated heterocycles. The number of ether oxygens (including phenoxy) is 1. The first-order valence-corrected chi connectivity index (χ1v) is 4.94. The molecule has 2 nitrogen and oxygen atoms in total. The van der Waals surface area contributed by atoms with Crippen molar-refractivity contribution in [3.05, 3.63) is 50.2 Å². The fourth-order valence-electron chi connectivity index (χ4n) is 0.333. The van der Waals surface area contributed by atoms with Crippen LogP contribution in [0.1, 0.15) is 20.3 Å². The van der Waals surface area contributed by atoms with Crippen molar-refractivity contribution in [1.82, 2.24) is 0 Å². The van der Waals surface area contributed by atoms with Crippen molar-refractivity contribution in [2.75, 3.05) is 13.2 Å². The first kappa shape index (κ1) is 19.3. The van der Waals surface area contributed by atoms with Gasteiger partial charge in [-0.1, -0.05) is 24.3 Å². The lowest BCUT2D eigenvalue weighted by atomic mass is 10.5. The van der Waals surface area contributed by atoms with Crippen LogP contribution in [0.15, 0.2) is 50.2 Å². The van der Waals surface area contributed by atoms with E-state index in [1.807, 2.05) is 19.9 Å². The summed E-state index contributed by atoms with van der Waals surface area (Å²) >= 11 is 0. The van der Waals surface area contributed by atoms with Crippen LogP contribution in [0.2, 0.25) is 0 Å². The van der Waals surface area contributed by atoms with Crippen LogP contribution in [0.25, 0.3) is 0 Å². The SMILES string of the molecule is C/C=C/N.C=CC.C=CCCOCC=C. The average molecular weight is 211 g/mol. The normalized spacial score (nSPS) is 7.87. The number of hydrogen-bond donors (Lipinski definition) is 1. The zero-order valence-corrected chi connectivity index (χ0v) is 10.1. The summed E-state index contributed by atoms with van der Waals surface area (Å²) in [4.78, 5) is 0. The summed E-state index contributed by atoms with van der Waals surface area (Å²) in [5.41, 5.74) is 4.85. The highest BCUT2D eigenvalue weighted by atomic mass is 16.5. The van der Waals surface area contributed by atoms with E-state index in [0.717, 1.165) is 13.0 Å². The highest BCUT2D eigenvalue weighted by Crippen LogP contribution is 1.81. The first-order valence-electron chi connectivity index (χ1n) is 4.94. The van der Waals surface area contributed by atoms with Crippen molar-refractivity contribution in [3.8, 4) is 0 Å². The second-order valence-electron chi connectivity index (χ2n) is 2.37. The maximum absolute atomic E-state index is 5.03. The Hall–Kier alpha value is -1.28. The summed E-state index contributed by atoms with van der Waals surface area (Å²) in [6.07, 6.45) is 9.53. The van der Waals surface area contributed by atoms with E-state index in [1.165, 1.54) is 6.20 Å². The molecule has 0 atom stereocenters. The van der Waals surface area contributed by atoms with Crippen LogP contribution in [0.5, 0.6) is 0 Å². The Morgan fingerprint density at radius 2 is 1.60 bits per heavy atom. The van der Waals surface area contributed by atoms with Gasteiger partial charge >= 0.3 is 0 Å². The molecular formula is C13H25NO. The standard InChI is InChI=1S/C7H12O.C3H7N.C3H6/c1-3-5-7-8-6-4-2;1-2-3-4;1-3-2/h3-4H,1-2,5-7H2;2-3H,4H2,1H3;3H,1H2,2H3/b;3-2+;. The summed E-state index contributed by atoms with van der Waals surface area (Å²) in [5, 5.41) is 0. The Morgan fingerprint density at radius 3 is 1.87 bits per heavy atom. The topological polar surface area (TPSA) is 35.2 Å². The third kappa shape index (κ3) is 65.6. The van der Waals surface area contributed by atoms with Gasteiger partial charge in [-0.3, -0.25) is 0 Å². The molecule has 0 heterocycles. The predicted octanol–water partition coefficient (Wildman–Crippen LogP) is 3.44. The van der Waals surface area contributed by atoms with Crippen LogP contribution in [0.4, 0.5) is 0 Å². The van der Waals surface area contributed by atoms with Crippen molar-refractivity contribution in [2.24, 2.45) is 5.73 Å². The van der Waals surface area contributed by atoms with E-state index in [-0.39, 0.29) is 0 Å². The average Bonchev–Trinajstić information content (AvgIpc) is 2.26. The Morgan fingerprint density at radius 1 is 1.13 bits per heavy atom. The fraction of sp³-hybridized carbons (Fsp3) is 0.385. The molecule has 0 rings (SSSR count). The number of allylic oxidation sites excluding steroid dienone is 2. The lowest BCUT2D eigenvalue weighted by Crippen LogP contribution is -1.90. The minimum absolute atomic E-state index is 0.647. The Balaban J connectivity index is -0.000000173. The van der Waals surface area contributed by atoms with Crippen molar-refractivity contribution in [3.63, 3.8) is 0 Å². The van der Waals surface area contributed by atoms with E-state index in [1.54, 1.807) is 18.2 Å². The molecular weight excluding hydrogens is 186 g/mol. The van der Waals surface area contributed by atoms with Gasteiger partial charge in [-0.25, -0.2) is 0 Å². The molecule has 0 aromatic heterocycles. The lowest BCUT2D eigenvalue weighted by Gasteiger charge is -1.93. The zero-order chi connectivity index (χ0) is 12.4. The van der Waals surface area contributed by atoms with Crippen molar-refractivity contribution in [2.45, 2.75) is 20.3 Å². The molecule has 0 amide bonds. The molecule has 0 fully saturated rings. The second-order valence-corrected chi connectivity index (χ2v) is 2.37. The number of nitrogens with two attached hydrogens (primary N) is 1. The minimum Gasteiger partial charge on any atom is -0.405 e. The van der Waals surface area contributed by atoms with E-state index < -0.39 is 0 Å². The maximum atomic E-state index is 5.03. The van der Waals surface area contributed by atoms with Crippen LogP contribution in [-0.2, 0) is 4.74 Å². The molecule has 15 heavy (non-hydrogen) atoms. The van der Waals surface area contributed by atoms with Gasteiger partial charge in [0, 0.05) is 0 Å². The molecule has 0 spiro atoms. The van der Waals surface area contributed by atoms with Crippen LogP contribution < -0.4 is 5.73 Å². The summed E-state index contributed by atoms with van der Waals surface area (Å²) in [6, 6.07) is 0. The van der Waals surface area contributed by atoms with E-state index in [4.69, 9.17) is 10.5 Å². The molecule has 0 saturated carbocycles. The third-order valence-corrected chi connectivity index (χ3v) is 0.894. The third-order valence-electron chi connectivity index (χ3n) is 0.894. The van der Waals surface area contributed by atoms with Gasteiger partial charge in [-0.15, -0.1) is 19.7 Å². The molecule has 0 aliphatic carbocycles. The van der Waals surface area contributed by atoms with Crippen LogP contribution in [-0.4, -0.2) is 13.2 Å². The quantitative estimate of drug-likeness (QED) is 0.558. The Labute approximate surface area is 94.8 Å². The van der Waals surface area contributed by atoms with Crippen LogP contribution in [0, 0.1) is 0 Å². The zero-order valence-electron chi connectivity index (χ0n) is 10.1. The van der Waals surface area contributed by atoms with Gasteiger partial charge in [0.05, 0.1) is 13.2 Å². The van der Waals surface area contributed by atoms with Gasteiger partial charge in [0.2, 0.25) is 0 Å². The molecule has 88 valence electrons. The summed E-state index contributed by atoms with van der Waals surface area (Å²) in [6.45, 7) is 15.6. The summed E-state index contributed by atoms with van der Waals surface area (Å²) in [7, 11) is 0. The van der Waals surface area contributed by atoms with Gasteiger partial charge < -0.3 is 10.5 Å². The predicted molar refractivity (Wildman–Crippen MR) is 70.7 cm³/mol. The molecule has 2 heteroatoms. The molecule has 0 bridgehead atoms. The smallest absolute Gasteiger partial charge is 0.0644 e. The van der Waals surface area contributed by atoms with Gasteiger partial charge in [0.25, 0.3) is 0 Å². The molecule has 0 aliphatic rings. The number of hydrogen-bond acceptors (Lipinski definition) is 2. The highest BCUT2D eigenvalue weighted by molar-refractivity contribution is 4.67. The van der Waals surface area contributed by atoms with Gasteiger partial charge in [0.15, 0.2) is 0 Å². The molecule has 0 radical (unpaired) electrons. The van der Waals surface area contributed by atoms with E-state index in [9.17, 15) is 0 Å². The van der Waals surface area contributed by atoms with Crippen molar-refractivity contribution in [1.29, 1.82) is 0 Å². The van der Waals surface area contributed by atoms with E-state index in [2.05, 4.69) is 19.7 Å². The molecule has 0 aliphatic heterocycles. The monoisotopic (exact) mass is 211 g/mol. The van der Waals surface area contributed by atoms with Crippen molar-refractivity contribution >= 4 is 0 Å². The van der Waals surface area contributed by atoms with E-state index in [0.29, 0.717) is 6.61 Å². The second kappa shape index (κ2) is 29.3. The van der Waals surface area contributed by atoms with Crippen molar-refractivity contribution < 1.29 is 4.74 Å². The Bertz CT molecular complexity index is 137. The first-order chi connectivity index (χ1) is 7.24. The van der Waals surface area contributed by atoms with Crippen LogP contribution >= 0.6 is 0 Å². The van der Waals surface area contributed by atoms with Crippen LogP contribution in [0.3, 0.4) is 0 Å². The van der Waals surface area contributed by atoms with Gasteiger partial charge in [-0.05, 0) is 26.5 Å². The largest absolute Gasteiger partial charge is 0.405 e. The van der Waals surface area contributed by atoms with Gasteiger partial charge in [-0.2, -0.15) is 0 Å². The molecule has 2 N–H and O–H groups in total. The molecule has 0 aromatic carbocycles. The van der Waals surface area contributed by atoms with Gasteiger partial charge in [0.1, 0.15) is 0 Å². The summed E-state index contributed by atoms with van der Waals surface area (Å²) in [5.74, 6) is 0. The molecule has 0 unspecified atom stereocenters. The van der Waals surface area contributed by atoms with E-state index >= 15 is 0 Å². The fourth-order valence-corrected chi connectivity index (χ4v) is 0.333. The molecule has 0 aromatic rings. The minimum atomic E-state index is 0.647. The lowest BCUT2D eigenvalue weighted by molar-refractivity contribution is 0.168. The summed E-state index contributed by atoms with van der Waals surface area (Å²) < 4.78 is 5.03. The Kier molecular flexibility index (Phi) is 37.8. The highest BCUT2D eigenvalue weighted by Gasteiger charge is 1.77. The number of rotatable bonds is 5. The maximum Gasteiger partial charge on any atom is 0.0644 e.